The Hall–Kier alpha value is -4.39. The Morgan fingerprint density at radius 1 is 0.971 bits per heavy atom. The number of nitrogens with one attached hydrogen (secondary N) is 1. The number of carbonyl (C=O) groups is 1. The summed E-state index contributed by atoms with van der Waals surface area (Å²) in [6.45, 7) is 2.31. The lowest BCUT2D eigenvalue weighted by atomic mass is 9.94. The molecule has 5 rings (SSSR count). The van der Waals surface area contributed by atoms with Crippen LogP contribution in [-0.2, 0) is 6.54 Å². The molecule has 0 bridgehead atoms. The van der Waals surface area contributed by atoms with Crippen LogP contribution in [0.5, 0.6) is 5.75 Å². The van der Waals surface area contributed by atoms with Gasteiger partial charge in [0.25, 0.3) is 5.89 Å². The van der Waals surface area contributed by atoms with Crippen molar-refractivity contribution in [2.45, 2.75) is 19.5 Å². The van der Waals surface area contributed by atoms with E-state index in [2.05, 4.69) is 15.5 Å². The fourth-order valence-electron chi connectivity index (χ4n) is 4.10. The molecular formula is C27H24N4O3. The first-order chi connectivity index (χ1) is 16.6. The molecule has 1 atom stereocenters. The zero-order valence-electron chi connectivity index (χ0n) is 18.9. The number of benzene rings is 3. The SMILES string of the molecule is COc1ccc(CN2C(=O)NC(c3ccccc3)C(c3nc(-c4ccccc4)no3)=C2C)cc1. The number of aromatic nitrogens is 2. The van der Waals surface area contributed by atoms with Crippen LogP contribution < -0.4 is 10.1 Å². The van der Waals surface area contributed by atoms with Crippen LogP contribution in [-0.4, -0.2) is 28.2 Å². The molecule has 3 aromatic carbocycles. The molecule has 2 heterocycles. The van der Waals surface area contributed by atoms with E-state index < -0.39 is 6.04 Å². The first-order valence-electron chi connectivity index (χ1n) is 11.0. The summed E-state index contributed by atoms with van der Waals surface area (Å²) < 4.78 is 11.0. The number of nitrogens with zero attached hydrogens (tertiary/aromatic N) is 3. The average Bonchev–Trinajstić information content (AvgIpc) is 3.37. The number of amides is 2. The maximum absolute atomic E-state index is 13.2. The summed E-state index contributed by atoms with van der Waals surface area (Å²) in [5, 5.41) is 7.34. The van der Waals surface area contributed by atoms with E-state index in [4.69, 9.17) is 9.26 Å². The van der Waals surface area contributed by atoms with Crippen molar-refractivity contribution in [2.24, 2.45) is 0 Å². The van der Waals surface area contributed by atoms with Gasteiger partial charge in [-0.2, -0.15) is 4.98 Å². The minimum atomic E-state index is -0.412. The third kappa shape index (κ3) is 4.15. The molecule has 0 radical (unpaired) electrons. The summed E-state index contributed by atoms with van der Waals surface area (Å²) in [6, 6.07) is 26.5. The molecular weight excluding hydrogens is 428 g/mol. The van der Waals surface area contributed by atoms with Crippen molar-refractivity contribution in [1.29, 1.82) is 0 Å². The molecule has 34 heavy (non-hydrogen) atoms. The Morgan fingerprint density at radius 3 is 2.32 bits per heavy atom. The first-order valence-corrected chi connectivity index (χ1v) is 11.0. The molecule has 2 amide bonds. The molecule has 1 N–H and O–H groups in total. The molecule has 0 aliphatic carbocycles. The highest BCUT2D eigenvalue weighted by Crippen LogP contribution is 2.37. The van der Waals surface area contributed by atoms with Gasteiger partial charge in [-0.1, -0.05) is 78.0 Å². The van der Waals surface area contributed by atoms with Gasteiger partial charge in [0.15, 0.2) is 0 Å². The van der Waals surface area contributed by atoms with Gasteiger partial charge in [0.1, 0.15) is 5.75 Å². The number of hydrogen-bond donors (Lipinski definition) is 1. The molecule has 0 spiro atoms. The zero-order valence-corrected chi connectivity index (χ0v) is 18.9. The van der Waals surface area contributed by atoms with E-state index in [1.54, 1.807) is 12.0 Å². The molecule has 0 fully saturated rings. The van der Waals surface area contributed by atoms with Gasteiger partial charge >= 0.3 is 6.03 Å². The number of allylic oxidation sites excluding steroid dienone is 1. The van der Waals surface area contributed by atoms with E-state index in [0.717, 1.165) is 33.7 Å². The Balaban J connectivity index is 1.57. The van der Waals surface area contributed by atoms with Gasteiger partial charge in [-0.25, -0.2) is 4.79 Å². The van der Waals surface area contributed by atoms with Gasteiger partial charge in [-0.3, -0.25) is 4.90 Å². The Bertz CT molecular complexity index is 1320. The third-order valence-corrected chi connectivity index (χ3v) is 5.92. The Labute approximate surface area is 197 Å². The lowest BCUT2D eigenvalue weighted by Crippen LogP contribution is -2.45. The highest BCUT2D eigenvalue weighted by atomic mass is 16.5. The summed E-state index contributed by atoms with van der Waals surface area (Å²) >= 11 is 0. The maximum atomic E-state index is 13.2. The standard InChI is InChI=1S/C27H24N4O3/c1-18-23(26-29-25(30-34-26)21-11-7-4-8-12-21)24(20-9-5-3-6-10-20)28-27(32)31(18)17-19-13-15-22(33-2)16-14-19/h3-16,24H,17H2,1-2H3,(H,28,32). The minimum absolute atomic E-state index is 0.186. The van der Waals surface area contributed by atoms with E-state index in [9.17, 15) is 4.79 Å². The van der Waals surface area contributed by atoms with Crippen LogP contribution in [0.3, 0.4) is 0 Å². The van der Waals surface area contributed by atoms with E-state index in [0.29, 0.717) is 18.3 Å². The molecule has 1 unspecified atom stereocenters. The molecule has 7 heteroatoms. The fraction of sp³-hybridized carbons (Fsp3) is 0.148. The monoisotopic (exact) mass is 452 g/mol. The molecule has 0 saturated heterocycles. The molecule has 0 saturated carbocycles. The van der Waals surface area contributed by atoms with Crippen molar-refractivity contribution in [3.05, 3.63) is 108 Å². The second-order valence-electron chi connectivity index (χ2n) is 8.02. The van der Waals surface area contributed by atoms with Gasteiger partial charge in [0, 0.05) is 11.3 Å². The van der Waals surface area contributed by atoms with Crippen molar-refractivity contribution < 1.29 is 14.1 Å². The molecule has 1 aliphatic heterocycles. The van der Waals surface area contributed by atoms with E-state index in [1.165, 1.54) is 0 Å². The molecule has 170 valence electrons. The fourth-order valence-corrected chi connectivity index (χ4v) is 4.10. The molecule has 7 nitrogen and oxygen atoms in total. The minimum Gasteiger partial charge on any atom is -0.497 e. The number of rotatable bonds is 6. The van der Waals surface area contributed by atoms with Gasteiger partial charge < -0.3 is 14.6 Å². The van der Waals surface area contributed by atoms with Crippen molar-refractivity contribution in [3.63, 3.8) is 0 Å². The van der Waals surface area contributed by atoms with Crippen LogP contribution in [0.15, 0.2) is 95.1 Å². The van der Waals surface area contributed by atoms with Crippen LogP contribution in [0.1, 0.15) is 30.0 Å². The maximum Gasteiger partial charge on any atom is 0.322 e. The van der Waals surface area contributed by atoms with Crippen molar-refractivity contribution >= 4 is 11.6 Å². The smallest absolute Gasteiger partial charge is 0.322 e. The number of methoxy groups -OCH3 is 1. The Kier molecular flexibility index (Phi) is 5.82. The van der Waals surface area contributed by atoms with Crippen molar-refractivity contribution in [2.75, 3.05) is 7.11 Å². The normalized spacial score (nSPS) is 15.9. The lowest BCUT2D eigenvalue weighted by Gasteiger charge is -2.35. The highest BCUT2D eigenvalue weighted by Gasteiger charge is 2.35. The van der Waals surface area contributed by atoms with E-state index >= 15 is 0 Å². The van der Waals surface area contributed by atoms with Crippen molar-refractivity contribution in [3.8, 4) is 17.1 Å². The number of urea groups is 1. The van der Waals surface area contributed by atoms with Crippen LogP contribution in [0.25, 0.3) is 17.0 Å². The van der Waals surface area contributed by atoms with Gasteiger partial charge in [-0.05, 0) is 30.2 Å². The molecule has 4 aromatic rings. The van der Waals surface area contributed by atoms with Crippen LogP contribution in [0.4, 0.5) is 4.79 Å². The summed E-state index contributed by atoms with van der Waals surface area (Å²) in [5.41, 5.74) is 4.31. The number of carbonyl (C=O) groups excluding carboxylic acids is 1. The summed E-state index contributed by atoms with van der Waals surface area (Å²) in [6.07, 6.45) is 0. The van der Waals surface area contributed by atoms with Gasteiger partial charge in [0.2, 0.25) is 5.82 Å². The second kappa shape index (κ2) is 9.23. The first kappa shape index (κ1) is 21.5. The zero-order chi connectivity index (χ0) is 23.5. The van der Waals surface area contributed by atoms with E-state index in [-0.39, 0.29) is 6.03 Å². The number of ether oxygens (including phenoxy) is 1. The Morgan fingerprint density at radius 2 is 1.65 bits per heavy atom. The predicted octanol–water partition coefficient (Wildman–Crippen LogP) is 5.44. The van der Waals surface area contributed by atoms with Gasteiger partial charge in [-0.15, -0.1) is 0 Å². The average molecular weight is 453 g/mol. The highest BCUT2D eigenvalue weighted by molar-refractivity contribution is 5.86. The largest absolute Gasteiger partial charge is 0.497 e. The number of hydrogen-bond acceptors (Lipinski definition) is 5. The van der Waals surface area contributed by atoms with Crippen LogP contribution >= 0.6 is 0 Å². The van der Waals surface area contributed by atoms with Gasteiger partial charge in [0.05, 0.1) is 25.3 Å². The second-order valence-corrected chi connectivity index (χ2v) is 8.02. The predicted molar refractivity (Wildman–Crippen MR) is 129 cm³/mol. The summed E-state index contributed by atoms with van der Waals surface area (Å²) in [4.78, 5) is 19.6. The topological polar surface area (TPSA) is 80.5 Å². The molecule has 1 aromatic heterocycles. The van der Waals surface area contributed by atoms with Crippen LogP contribution in [0.2, 0.25) is 0 Å². The summed E-state index contributed by atoms with van der Waals surface area (Å²) in [7, 11) is 1.63. The quantitative estimate of drug-likeness (QED) is 0.421. The summed E-state index contributed by atoms with van der Waals surface area (Å²) in [5.74, 6) is 1.65. The van der Waals surface area contributed by atoms with Crippen molar-refractivity contribution in [1.82, 2.24) is 20.4 Å². The van der Waals surface area contributed by atoms with E-state index in [1.807, 2.05) is 91.9 Å². The van der Waals surface area contributed by atoms with Crippen LogP contribution in [0, 0.1) is 0 Å². The lowest BCUT2D eigenvalue weighted by molar-refractivity contribution is 0.203. The third-order valence-electron chi connectivity index (χ3n) is 5.92. The molecule has 1 aliphatic rings.